The lowest BCUT2D eigenvalue weighted by molar-refractivity contribution is -0.146. The van der Waals surface area contributed by atoms with Gasteiger partial charge in [0.15, 0.2) is 0 Å². The fraction of sp³-hybridized carbons (Fsp3) is 0.333. The number of hydrogen-bond acceptors (Lipinski definition) is 8. The van der Waals surface area contributed by atoms with Crippen LogP contribution in [0.4, 0.5) is 4.79 Å². The highest BCUT2D eigenvalue weighted by molar-refractivity contribution is 8.14. The molecule has 0 aliphatic carbocycles. The average Bonchev–Trinajstić information content (AvgIpc) is 2.60. The van der Waals surface area contributed by atoms with Crippen LogP contribution in [0.5, 0.6) is 0 Å². The number of carbonyl (C=O) groups excluding carboxylic acids is 3. The molecule has 28 heavy (non-hydrogen) atoms. The van der Waals surface area contributed by atoms with Crippen molar-refractivity contribution >= 4 is 63.1 Å². The molecule has 0 spiro atoms. The molecule has 1 unspecified atom stereocenters. The molecule has 150 valence electrons. The number of rotatable bonds is 6. The van der Waals surface area contributed by atoms with Crippen LogP contribution in [-0.2, 0) is 19.0 Å². The van der Waals surface area contributed by atoms with Gasteiger partial charge in [-0.15, -0.1) is 0 Å². The second-order valence-corrected chi connectivity index (χ2v) is 7.96. The third-order valence-corrected chi connectivity index (χ3v) is 4.67. The predicted octanol–water partition coefficient (Wildman–Crippen LogP) is 4.87. The number of nitrogens with zero attached hydrogens (tertiary/aromatic N) is 1. The average molecular weight is 446 g/mol. The molecule has 0 saturated heterocycles. The second-order valence-electron chi connectivity index (χ2n) is 5.84. The topological polar surface area (TPSA) is 91.8 Å². The zero-order valence-corrected chi connectivity index (χ0v) is 17.6. The van der Waals surface area contributed by atoms with E-state index < -0.39 is 29.3 Å². The van der Waals surface area contributed by atoms with E-state index in [1.807, 2.05) is 0 Å². The SMILES string of the molecule is CC(C)OC(=O)C(C)SC(=O)OCOC(=O)c1c(Cl)ccc2cc(Cl)cnc12. The number of hydrogen-bond donors (Lipinski definition) is 0. The molecule has 0 aliphatic heterocycles. The molecule has 1 atom stereocenters. The minimum atomic E-state index is -0.810. The molecule has 7 nitrogen and oxygen atoms in total. The number of esters is 2. The van der Waals surface area contributed by atoms with E-state index in [0.29, 0.717) is 27.7 Å². The summed E-state index contributed by atoms with van der Waals surface area (Å²) >= 11 is 12.6. The monoisotopic (exact) mass is 445 g/mol. The first-order valence-electron chi connectivity index (χ1n) is 8.13. The Balaban J connectivity index is 1.94. The van der Waals surface area contributed by atoms with E-state index in [0.717, 1.165) is 0 Å². The molecule has 1 aromatic carbocycles. The first kappa shape index (κ1) is 22.3. The van der Waals surface area contributed by atoms with Gasteiger partial charge in [-0.3, -0.25) is 9.78 Å². The summed E-state index contributed by atoms with van der Waals surface area (Å²) in [7, 11) is 0. The van der Waals surface area contributed by atoms with Gasteiger partial charge >= 0.3 is 17.2 Å². The quantitative estimate of drug-likeness (QED) is 0.459. The Bertz CT molecular complexity index is 905. The van der Waals surface area contributed by atoms with Crippen molar-refractivity contribution in [1.29, 1.82) is 0 Å². The van der Waals surface area contributed by atoms with Crippen molar-refractivity contribution in [3.63, 3.8) is 0 Å². The maximum absolute atomic E-state index is 12.3. The van der Waals surface area contributed by atoms with Gasteiger partial charge in [-0.2, -0.15) is 0 Å². The predicted molar refractivity (Wildman–Crippen MR) is 107 cm³/mol. The van der Waals surface area contributed by atoms with Crippen molar-refractivity contribution in [2.45, 2.75) is 32.1 Å². The van der Waals surface area contributed by atoms with Gasteiger partial charge in [0.05, 0.1) is 21.7 Å². The molecule has 1 aromatic heterocycles. The molecule has 10 heteroatoms. The van der Waals surface area contributed by atoms with Gasteiger partial charge in [0.1, 0.15) is 10.8 Å². The van der Waals surface area contributed by atoms with E-state index in [2.05, 4.69) is 4.98 Å². The fourth-order valence-electron chi connectivity index (χ4n) is 2.10. The largest absolute Gasteiger partial charge is 0.462 e. The summed E-state index contributed by atoms with van der Waals surface area (Å²) in [4.78, 5) is 39.9. The first-order valence-corrected chi connectivity index (χ1v) is 9.77. The van der Waals surface area contributed by atoms with Crippen LogP contribution in [0.1, 0.15) is 31.1 Å². The summed E-state index contributed by atoms with van der Waals surface area (Å²) in [6.45, 7) is 4.27. The Labute approximate surface area is 175 Å². The molecule has 1 heterocycles. The normalized spacial score (nSPS) is 11.9. The highest BCUT2D eigenvalue weighted by atomic mass is 35.5. The van der Waals surface area contributed by atoms with Crippen LogP contribution in [0, 0.1) is 0 Å². The van der Waals surface area contributed by atoms with E-state index in [-0.39, 0.29) is 16.7 Å². The van der Waals surface area contributed by atoms with Crippen molar-refractivity contribution in [3.8, 4) is 0 Å². The molecule has 0 radical (unpaired) electrons. The Morgan fingerprint density at radius 3 is 2.54 bits per heavy atom. The minimum Gasteiger partial charge on any atom is -0.462 e. The van der Waals surface area contributed by atoms with Crippen LogP contribution in [0.15, 0.2) is 24.4 Å². The van der Waals surface area contributed by atoms with Crippen LogP contribution in [-0.4, -0.2) is 40.4 Å². The second kappa shape index (κ2) is 9.95. The zero-order valence-electron chi connectivity index (χ0n) is 15.2. The van der Waals surface area contributed by atoms with Gasteiger partial charge in [0, 0.05) is 11.6 Å². The minimum absolute atomic E-state index is 0.0356. The molecule has 0 fully saturated rings. The standard InChI is InChI=1S/C18H17Cl2NO6S/c1-9(2)27-16(22)10(3)28-18(24)26-8-25-17(23)14-13(20)5-4-11-6-12(19)7-21-15(11)14/h4-7,9-10H,8H2,1-3H3. The zero-order chi connectivity index (χ0) is 20.8. The van der Waals surface area contributed by atoms with Crippen molar-refractivity contribution in [3.05, 3.63) is 40.0 Å². The van der Waals surface area contributed by atoms with Gasteiger partial charge < -0.3 is 14.2 Å². The van der Waals surface area contributed by atoms with Crippen LogP contribution in [0.25, 0.3) is 10.9 Å². The highest BCUT2D eigenvalue weighted by Crippen LogP contribution is 2.27. The Hall–Kier alpha value is -2.03. The Kier molecular flexibility index (Phi) is 7.91. The van der Waals surface area contributed by atoms with Crippen LogP contribution < -0.4 is 0 Å². The number of pyridine rings is 1. The maximum atomic E-state index is 12.3. The molecule has 0 saturated carbocycles. The fourth-order valence-corrected chi connectivity index (χ4v) is 3.05. The van der Waals surface area contributed by atoms with Crippen molar-refractivity contribution in [2.75, 3.05) is 6.79 Å². The van der Waals surface area contributed by atoms with Crippen LogP contribution in [0.3, 0.4) is 0 Å². The summed E-state index contributed by atoms with van der Waals surface area (Å²) in [5, 5.41) is -0.390. The number of carbonyl (C=O) groups is 3. The van der Waals surface area contributed by atoms with Crippen molar-refractivity contribution < 1.29 is 28.6 Å². The van der Waals surface area contributed by atoms with Crippen LogP contribution in [0.2, 0.25) is 10.0 Å². The molecule has 2 aromatic rings. The third kappa shape index (κ3) is 5.98. The van der Waals surface area contributed by atoms with Gasteiger partial charge in [0.25, 0.3) is 0 Å². The van der Waals surface area contributed by atoms with E-state index in [4.69, 9.17) is 37.4 Å². The Morgan fingerprint density at radius 1 is 1.14 bits per heavy atom. The number of thioether (sulfide) groups is 1. The van der Waals surface area contributed by atoms with E-state index in [9.17, 15) is 14.4 Å². The molecule has 0 amide bonds. The third-order valence-electron chi connectivity index (χ3n) is 3.30. The highest BCUT2D eigenvalue weighted by Gasteiger charge is 2.22. The van der Waals surface area contributed by atoms with Gasteiger partial charge in [-0.05, 0) is 44.7 Å². The Morgan fingerprint density at radius 2 is 1.86 bits per heavy atom. The summed E-state index contributed by atoms with van der Waals surface area (Å²) < 4.78 is 14.8. The summed E-state index contributed by atoms with van der Waals surface area (Å²) in [5.74, 6) is -1.35. The maximum Gasteiger partial charge on any atom is 0.371 e. The number of aromatic nitrogens is 1. The number of fused-ring (bicyclic) bond motifs is 1. The van der Waals surface area contributed by atoms with Gasteiger partial charge in [-0.1, -0.05) is 29.3 Å². The molecule has 0 bridgehead atoms. The number of halogens is 2. The smallest absolute Gasteiger partial charge is 0.371 e. The summed E-state index contributed by atoms with van der Waals surface area (Å²) in [6, 6.07) is 4.81. The number of ether oxygens (including phenoxy) is 3. The lowest BCUT2D eigenvalue weighted by Gasteiger charge is -2.13. The van der Waals surface area contributed by atoms with Crippen molar-refractivity contribution in [1.82, 2.24) is 4.98 Å². The first-order chi connectivity index (χ1) is 13.2. The molecular weight excluding hydrogens is 429 g/mol. The van der Waals surface area contributed by atoms with Crippen LogP contribution >= 0.6 is 35.0 Å². The molecular formula is C18H17Cl2NO6S. The number of benzene rings is 1. The van der Waals surface area contributed by atoms with Gasteiger partial charge in [0.2, 0.25) is 6.79 Å². The molecule has 2 rings (SSSR count). The van der Waals surface area contributed by atoms with E-state index in [1.165, 1.54) is 19.2 Å². The van der Waals surface area contributed by atoms with E-state index >= 15 is 0 Å². The van der Waals surface area contributed by atoms with Crippen molar-refractivity contribution in [2.24, 2.45) is 0 Å². The van der Waals surface area contributed by atoms with Gasteiger partial charge in [-0.25, -0.2) is 9.59 Å². The summed E-state index contributed by atoms with van der Waals surface area (Å²) in [6.07, 6.45) is 1.09. The lowest BCUT2D eigenvalue weighted by atomic mass is 10.1. The summed E-state index contributed by atoms with van der Waals surface area (Å²) in [5.41, 5.74) is 0.348. The van der Waals surface area contributed by atoms with E-state index in [1.54, 1.807) is 26.0 Å². The lowest BCUT2D eigenvalue weighted by Crippen LogP contribution is -2.22. The molecule has 0 N–H and O–H groups in total. The molecule has 0 aliphatic rings.